The zero-order valence-corrected chi connectivity index (χ0v) is 22.6. The number of nitriles is 1. The summed E-state index contributed by atoms with van der Waals surface area (Å²) in [5.74, 6) is 0.978. The summed E-state index contributed by atoms with van der Waals surface area (Å²) in [6, 6.07) is 19.8. The largest absolute Gasteiger partial charge is 0.497 e. The van der Waals surface area contributed by atoms with E-state index >= 15 is 0 Å². The number of hydrogen-bond acceptors (Lipinski definition) is 7. The average molecular weight is 579 g/mol. The molecule has 0 saturated carbocycles. The Kier molecular flexibility index (Phi) is 10.7. The number of carbonyl (C=O) groups is 2. The van der Waals surface area contributed by atoms with E-state index in [9.17, 15) is 14.9 Å². The Balaban J connectivity index is 1.55. The third-order valence-electron chi connectivity index (χ3n) is 5.20. The summed E-state index contributed by atoms with van der Waals surface area (Å²) < 4.78 is 17.4. The molecule has 0 aliphatic carbocycles. The molecule has 3 rings (SSSR count). The summed E-state index contributed by atoms with van der Waals surface area (Å²) in [6.07, 6.45) is 1.45. The molecule has 2 amide bonds. The minimum atomic E-state index is -0.397. The standard InChI is InChI=1S/C28H27BrN4O5/c1-3-37-25-15-19(14-24(29)28(25)38-18-21-7-5-4-6-20(21)16-30)17-31-33-27(35)13-12-26(34)32-22-8-10-23(36-2)11-9-22/h4-11,14-15,17H,3,12-13,18H2,1-2H3,(H,32,34)(H,33,35). The number of benzene rings is 3. The molecule has 0 aliphatic heterocycles. The van der Waals surface area contributed by atoms with Crippen molar-refractivity contribution in [3.8, 4) is 23.3 Å². The number of rotatable bonds is 12. The number of amides is 2. The number of hydrazone groups is 1. The van der Waals surface area contributed by atoms with Gasteiger partial charge in [0.15, 0.2) is 11.5 Å². The van der Waals surface area contributed by atoms with Gasteiger partial charge in [-0.3, -0.25) is 9.59 Å². The molecule has 0 radical (unpaired) electrons. The predicted molar refractivity (Wildman–Crippen MR) is 147 cm³/mol. The Labute approximate surface area is 229 Å². The normalized spacial score (nSPS) is 10.5. The lowest BCUT2D eigenvalue weighted by Gasteiger charge is -2.15. The van der Waals surface area contributed by atoms with Crippen LogP contribution in [0.3, 0.4) is 0 Å². The van der Waals surface area contributed by atoms with Crippen molar-refractivity contribution >= 4 is 39.6 Å². The van der Waals surface area contributed by atoms with Crippen molar-refractivity contribution in [1.82, 2.24) is 5.43 Å². The number of nitrogens with zero attached hydrogens (tertiary/aromatic N) is 2. The van der Waals surface area contributed by atoms with E-state index in [1.54, 1.807) is 55.6 Å². The SMILES string of the molecule is CCOc1cc(C=NNC(=O)CCC(=O)Nc2ccc(OC)cc2)cc(Br)c1OCc1ccccc1C#N. The third kappa shape index (κ3) is 8.35. The van der Waals surface area contributed by atoms with E-state index in [1.165, 1.54) is 6.21 Å². The van der Waals surface area contributed by atoms with Crippen molar-refractivity contribution in [2.24, 2.45) is 5.10 Å². The molecule has 3 aromatic rings. The van der Waals surface area contributed by atoms with Gasteiger partial charge in [-0.1, -0.05) is 18.2 Å². The van der Waals surface area contributed by atoms with Crippen molar-refractivity contribution in [3.63, 3.8) is 0 Å². The van der Waals surface area contributed by atoms with E-state index in [2.05, 4.69) is 37.8 Å². The lowest BCUT2D eigenvalue weighted by atomic mass is 10.1. The quantitative estimate of drug-likeness (QED) is 0.225. The van der Waals surface area contributed by atoms with Crippen LogP contribution >= 0.6 is 15.9 Å². The lowest BCUT2D eigenvalue weighted by molar-refractivity contribution is -0.124. The van der Waals surface area contributed by atoms with Crippen molar-refractivity contribution in [2.75, 3.05) is 19.0 Å². The molecule has 196 valence electrons. The first kappa shape index (κ1) is 28.2. The Morgan fingerprint density at radius 2 is 1.79 bits per heavy atom. The van der Waals surface area contributed by atoms with Gasteiger partial charge in [0.2, 0.25) is 11.8 Å². The Morgan fingerprint density at radius 3 is 2.50 bits per heavy atom. The van der Waals surface area contributed by atoms with Crippen LogP contribution in [0, 0.1) is 11.3 Å². The van der Waals surface area contributed by atoms with Gasteiger partial charge in [-0.2, -0.15) is 10.4 Å². The summed E-state index contributed by atoms with van der Waals surface area (Å²) in [5, 5.41) is 16.0. The van der Waals surface area contributed by atoms with E-state index in [1.807, 2.05) is 19.1 Å². The summed E-state index contributed by atoms with van der Waals surface area (Å²) in [6.45, 7) is 2.46. The van der Waals surface area contributed by atoms with Gasteiger partial charge in [-0.25, -0.2) is 5.43 Å². The monoisotopic (exact) mass is 578 g/mol. The van der Waals surface area contributed by atoms with Gasteiger partial charge in [0.1, 0.15) is 12.4 Å². The summed E-state index contributed by atoms with van der Waals surface area (Å²) in [7, 11) is 1.56. The Morgan fingerprint density at radius 1 is 1.05 bits per heavy atom. The van der Waals surface area contributed by atoms with Gasteiger partial charge in [-0.15, -0.1) is 0 Å². The smallest absolute Gasteiger partial charge is 0.240 e. The summed E-state index contributed by atoms with van der Waals surface area (Å²) >= 11 is 3.50. The molecular weight excluding hydrogens is 552 g/mol. The van der Waals surface area contributed by atoms with Crippen LogP contribution in [0.1, 0.15) is 36.5 Å². The van der Waals surface area contributed by atoms with Gasteiger partial charge >= 0.3 is 0 Å². The number of ether oxygens (including phenoxy) is 3. The molecule has 2 N–H and O–H groups in total. The molecule has 3 aromatic carbocycles. The molecule has 9 nitrogen and oxygen atoms in total. The van der Waals surface area contributed by atoms with Crippen LogP contribution in [0.2, 0.25) is 0 Å². The maximum absolute atomic E-state index is 12.1. The maximum Gasteiger partial charge on any atom is 0.240 e. The van der Waals surface area contributed by atoms with Crippen molar-refractivity contribution < 1.29 is 23.8 Å². The van der Waals surface area contributed by atoms with Crippen LogP contribution in [0.4, 0.5) is 5.69 Å². The highest BCUT2D eigenvalue weighted by Gasteiger charge is 2.13. The van der Waals surface area contributed by atoms with Crippen LogP contribution in [0.15, 0.2) is 70.2 Å². The molecule has 0 heterocycles. The molecule has 38 heavy (non-hydrogen) atoms. The number of hydrogen-bond donors (Lipinski definition) is 2. The lowest BCUT2D eigenvalue weighted by Crippen LogP contribution is -2.20. The van der Waals surface area contributed by atoms with E-state index in [-0.39, 0.29) is 25.4 Å². The molecule has 0 aromatic heterocycles. The molecule has 0 aliphatic rings. The fourth-order valence-corrected chi connectivity index (χ4v) is 3.90. The zero-order chi connectivity index (χ0) is 27.3. The van der Waals surface area contributed by atoms with Gasteiger partial charge < -0.3 is 19.5 Å². The maximum atomic E-state index is 12.1. The van der Waals surface area contributed by atoms with Crippen LogP contribution in [0.25, 0.3) is 0 Å². The molecule has 0 atom stereocenters. The summed E-state index contributed by atoms with van der Waals surface area (Å²) in [5.41, 5.74) is 5.00. The average Bonchev–Trinajstić information content (AvgIpc) is 2.92. The number of carbonyl (C=O) groups excluding carboxylic acids is 2. The molecule has 10 heteroatoms. The number of methoxy groups -OCH3 is 1. The number of halogens is 1. The molecule has 0 spiro atoms. The molecular formula is C28H27BrN4O5. The Hall–Kier alpha value is -4.36. The molecule has 0 fully saturated rings. The van der Waals surface area contributed by atoms with Crippen LogP contribution in [0.5, 0.6) is 17.2 Å². The zero-order valence-electron chi connectivity index (χ0n) is 21.0. The second-order valence-electron chi connectivity index (χ2n) is 7.89. The molecule has 0 saturated heterocycles. The minimum Gasteiger partial charge on any atom is -0.497 e. The van der Waals surface area contributed by atoms with E-state index in [0.717, 1.165) is 5.56 Å². The fourth-order valence-electron chi connectivity index (χ4n) is 3.33. The topological polar surface area (TPSA) is 122 Å². The second kappa shape index (κ2) is 14.4. The van der Waals surface area contributed by atoms with Gasteiger partial charge in [0, 0.05) is 24.1 Å². The second-order valence-corrected chi connectivity index (χ2v) is 8.74. The van der Waals surface area contributed by atoms with E-state index < -0.39 is 5.91 Å². The highest BCUT2D eigenvalue weighted by Crippen LogP contribution is 2.37. The number of nitrogens with one attached hydrogen (secondary N) is 2. The van der Waals surface area contributed by atoms with Crippen LogP contribution < -0.4 is 25.0 Å². The van der Waals surface area contributed by atoms with Gasteiger partial charge in [0.25, 0.3) is 0 Å². The van der Waals surface area contributed by atoms with E-state index in [0.29, 0.717) is 45.1 Å². The minimum absolute atomic E-state index is 0.00832. The first-order valence-corrected chi connectivity index (χ1v) is 12.6. The van der Waals surface area contributed by atoms with Crippen molar-refractivity contribution in [3.05, 3.63) is 81.8 Å². The first-order chi connectivity index (χ1) is 18.4. The Bertz CT molecular complexity index is 1340. The molecule has 0 unspecified atom stereocenters. The van der Waals surface area contributed by atoms with Crippen LogP contribution in [-0.4, -0.2) is 31.7 Å². The van der Waals surface area contributed by atoms with Crippen molar-refractivity contribution in [1.29, 1.82) is 5.26 Å². The highest BCUT2D eigenvalue weighted by atomic mass is 79.9. The van der Waals surface area contributed by atoms with Gasteiger partial charge in [-0.05, 0) is 70.9 Å². The van der Waals surface area contributed by atoms with Crippen molar-refractivity contribution in [2.45, 2.75) is 26.4 Å². The fraction of sp³-hybridized carbons (Fsp3) is 0.214. The summed E-state index contributed by atoms with van der Waals surface area (Å²) in [4.78, 5) is 24.2. The van der Waals surface area contributed by atoms with E-state index in [4.69, 9.17) is 14.2 Å². The molecule has 0 bridgehead atoms. The van der Waals surface area contributed by atoms with Crippen LogP contribution in [-0.2, 0) is 16.2 Å². The predicted octanol–water partition coefficient (Wildman–Crippen LogP) is 5.18. The highest BCUT2D eigenvalue weighted by molar-refractivity contribution is 9.10. The third-order valence-corrected chi connectivity index (χ3v) is 5.79. The number of anilines is 1. The first-order valence-electron chi connectivity index (χ1n) is 11.8. The van der Waals surface area contributed by atoms with Gasteiger partial charge in [0.05, 0.1) is 36.0 Å².